The first-order valence-electron chi connectivity index (χ1n) is 5.03. The molecule has 0 heterocycles. The molecule has 1 aromatic rings. The van der Waals surface area contributed by atoms with Gasteiger partial charge in [0.25, 0.3) is 0 Å². The van der Waals surface area contributed by atoms with E-state index >= 15 is 0 Å². The van der Waals surface area contributed by atoms with Crippen LogP contribution in [0.15, 0.2) is 24.3 Å². The van der Waals surface area contributed by atoms with Gasteiger partial charge in [0.1, 0.15) is 0 Å². The summed E-state index contributed by atoms with van der Waals surface area (Å²) in [7, 11) is -5.25. The van der Waals surface area contributed by atoms with E-state index in [-0.39, 0.29) is 13.0 Å². The fraction of sp³-hybridized carbons (Fsp3) is 0.400. The Bertz CT molecular complexity index is 502. The van der Waals surface area contributed by atoms with Gasteiger partial charge in [0, 0.05) is 11.6 Å². The van der Waals surface area contributed by atoms with Crippen molar-refractivity contribution in [2.75, 3.05) is 6.54 Å². The smallest absolute Gasteiger partial charge is 0.207 e. The normalized spacial score (nSPS) is 12.7. The molecule has 3 nitrogen and oxygen atoms in total. The van der Waals surface area contributed by atoms with E-state index in [1.807, 2.05) is 0 Å². The third kappa shape index (κ3) is 4.15. The van der Waals surface area contributed by atoms with Crippen LogP contribution in [0.5, 0.6) is 0 Å². The molecule has 0 spiro atoms. The minimum Gasteiger partial charge on any atom is -0.207 e. The summed E-state index contributed by atoms with van der Waals surface area (Å²) < 4.78 is 58.8. The Kier molecular flexibility index (Phi) is 5.01. The summed E-state index contributed by atoms with van der Waals surface area (Å²) >= 11 is 5.85. The van der Waals surface area contributed by atoms with Gasteiger partial charge in [-0.15, -0.1) is 0 Å². The van der Waals surface area contributed by atoms with E-state index in [2.05, 4.69) is 0 Å². The number of hydrogen-bond donors (Lipinski definition) is 1. The number of benzene rings is 1. The number of rotatable bonds is 5. The molecule has 18 heavy (non-hydrogen) atoms. The van der Waals surface area contributed by atoms with Crippen LogP contribution in [0.3, 0.4) is 0 Å². The highest BCUT2D eigenvalue weighted by Gasteiger charge is 2.45. The van der Waals surface area contributed by atoms with Crippen molar-refractivity contribution in [2.45, 2.75) is 18.3 Å². The van der Waals surface area contributed by atoms with Crippen molar-refractivity contribution >= 4 is 21.6 Å². The van der Waals surface area contributed by atoms with Gasteiger partial charge >= 0.3 is 15.5 Å². The van der Waals surface area contributed by atoms with Crippen LogP contribution in [-0.2, 0) is 16.4 Å². The van der Waals surface area contributed by atoms with Crippen molar-refractivity contribution in [1.29, 1.82) is 0 Å². The van der Waals surface area contributed by atoms with Crippen LogP contribution < -0.4 is 4.72 Å². The molecule has 0 aliphatic heterocycles. The Morgan fingerprint density at radius 3 is 2.39 bits per heavy atom. The van der Waals surface area contributed by atoms with Gasteiger partial charge in [-0.1, -0.05) is 29.8 Å². The Hall–Kier alpha value is -0.790. The maximum absolute atomic E-state index is 12.0. The molecule has 0 aromatic heterocycles. The summed E-state index contributed by atoms with van der Waals surface area (Å²) in [5.74, 6) is 0. The Morgan fingerprint density at radius 1 is 1.22 bits per heavy atom. The zero-order valence-corrected chi connectivity index (χ0v) is 10.7. The van der Waals surface area contributed by atoms with Crippen molar-refractivity contribution in [2.24, 2.45) is 0 Å². The number of alkyl halides is 3. The molecule has 0 fully saturated rings. The van der Waals surface area contributed by atoms with Gasteiger partial charge in [-0.3, -0.25) is 0 Å². The molecule has 102 valence electrons. The molecule has 1 rings (SSSR count). The highest BCUT2D eigenvalue weighted by molar-refractivity contribution is 7.90. The van der Waals surface area contributed by atoms with Gasteiger partial charge in [0.2, 0.25) is 0 Å². The third-order valence-corrected chi connectivity index (χ3v) is 3.74. The van der Waals surface area contributed by atoms with Crippen LogP contribution in [0.1, 0.15) is 12.0 Å². The first kappa shape index (κ1) is 15.3. The maximum Gasteiger partial charge on any atom is 0.511 e. The van der Waals surface area contributed by atoms with Crippen LogP contribution in [-0.4, -0.2) is 20.5 Å². The number of hydrogen-bond acceptors (Lipinski definition) is 2. The van der Waals surface area contributed by atoms with Crippen molar-refractivity contribution in [3.05, 3.63) is 34.9 Å². The second kappa shape index (κ2) is 5.90. The molecular weight excluding hydrogens is 291 g/mol. The van der Waals surface area contributed by atoms with Crippen LogP contribution in [0, 0.1) is 0 Å². The number of nitrogens with one attached hydrogen (secondary N) is 1. The summed E-state index contributed by atoms with van der Waals surface area (Å²) in [4.78, 5) is 0. The van der Waals surface area contributed by atoms with Gasteiger partial charge in [-0.05, 0) is 24.5 Å². The van der Waals surface area contributed by atoms with Gasteiger partial charge in [-0.25, -0.2) is 13.1 Å². The fourth-order valence-corrected chi connectivity index (χ4v) is 2.08. The van der Waals surface area contributed by atoms with Crippen LogP contribution in [0.25, 0.3) is 0 Å². The molecular formula is C10H11ClF3NO2S. The molecule has 1 N–H and O–H groups in total. The highest BCUT2D eigenvalue weighted by Crippen LogP contribution is 2.21. The molecule has 8 heteroatoms. The van der Waals surface area contributed by atoms with Crippen LogP contribution >= 0.6 is 11.6 Å². The molecule has 1 aromatic carbocycles. The standard InChI is InChI=1S/C10H11ClF3NO2S/c11-9-6-2-1-4-8(9)5-3-7-15-18(16,17)10(12,13)14/h1-2,4,6,15H,3,5,7H2. The highest BCUT2D eigenvalue weighted by atomic mass is 35.5. The minimum absolute atomic E-state index is 0.235. The van der Waals surface area contributed by atoms with Crippen molar-refractivity contribution < 1.29 is 21.6 Å². The van der Waals surface area contributed by atoms with Crippen molar-refractivity contribution in [1.82, 2.24) is 4.72 Å². The lowest BCUT2D eigenvalue weighted by atomic mass is 10.1. The van der Waals surface area contributed by atoms with E-state index in [9.17, 15) is 21.6 Å². The Labute approximate surface area is 108 Å². The van der Waals surface area contributed by atoms with Crippen LogP contribution in [0.4, 0.5) is 13.2 Å². The molecule has 0 radical (unpaired) electrons. The monoisotopic (exact) mass is 301 g/mol. The lowest BCUT2D eigenvalue weighted by Crippen LogP contribution is -2.37. The fourth-order valence-electron chi connectivity index (χ4n) is 1.27. The first-order chi connectivity index (χ1) is 8.24. The molecule has 0 saturated heterocycles. The topological polar surface area (TPSA) is 46.2 Å². The van der Waals surface area contributed by atoms with Gasteiger partial charge in [0.15, 0.2) is 0 Å². The van der Waals surface area contributed by atoms with E-state index in [0.29, 0.717) is 11.4 Å². The molecule has 0 atom stereocenters. The van der Waals surface area contributed by atoms with Crippen molar-refractivity contribution in [3.8, 4) is 0 Å². The van der Waals surface area contributed by atoms with Crippen LogP contribution in [0.2, 0.25) is 5.02 Å². The summed E-state index contributed by atoms with van der Waals surface area (Å²) in [6.45, 7) is -0.285. The number of aryl methyl sites for hydroxylation is 1. The second-order valence-electron chi connectivity index (χ2n) is 3.54. The van der Waals surface area contributed by atoms with Gasteiger partial charge < -0.3 is 0 Å². The van der Waals surface area contributed by atoms with E-state index in [4.69, 9.17) is 11.6 Å². The molecule has 0 saturated carbocycles. The summed E-state index contributed by atoms with van der Waals surface area (Å²) in [5, 5.41) is 0.510. The summed E-state index contributed by atoms with van der Waals surface area (Å²) in [6, 6.07) is 6.89. The lowest BCUT2D eigenvalue weighted by molar-refractivity contribution is -0.0447. The first-order valence-corrected chi connectivity index (χ1v) is 6.89. The summed E-state index contributed by atoms with van der Waals surface area (Å²) in [6.07, 6.45) is 0.638. The van der Waals surface area contributed by atoms with E-state index in [0.717, 1.165) is 5.56 Å². The predicted octanol–water partition coefficient (Wildman–Crippen LogP) is 2.71. The van der Waals surface area contributed by atoms with Gasteiger partial charge in [-0.2, -0.15) is 13.2 Å². The summed E-state index contributed by atoms with van der Waals surface area (Å²) in [5.41, 5.74) is -4.50. The largest absolute Gasteiger partial charge is 0.511 e. The Balaban J connectivity index is 2.43. The maximum atomic E-state index is 12.0. The zero-order valence-electron chi connectivity index (χ0n) is 9.17. The lowest BCUT2D eigenvalue weighted by Gasteiger charge is -2.09. The number of sulfonamides is 1. The molecule has 0 unspecified atom stereocenters. The molecule has 0 aliphatic rings. The average molecular weight is 302 g/mol. The average Bonchev–Trinajstić information content (AvgIpc) is 2.25. The SMILES string of the molecule is O=S(=O)(NCCCc1ccccc1Cl)C(F)(F)F. The van der Waals surface area contributed by atoms with Gasteiger partial charge in [0.05, 0.1) is 0 Å². The van der Waals surface area contributed by atoms with E-state index in [1.165, 1.54) is 4.72 Å². The second-order valence-corrected chi connectivity index (χ2v) is 5.70. The molecule has 0 amide bonds. The molecule has 0 bridgehead atoms. The van der Waals surface area contributed by atoms with E-state index in [1.54, 1.807) is 24.3 Å². The zero-order chi connectivity index (χ0) is 13.8. The molecule has 0 aliphatic carbocycles. The minimum atomic E-state index is -5.27. The van der Waals surface area contributed by atoms with Crippen molar-refractivity contribution in [3.63, 3.8) is 0 Å². The third-order valence-electron chi connectivity index (χ3n) is 2.18. The predicted molar refractivity (Wildman–Crippen MR) is 62.8 cm³/mol. The quantitative estimate of drug-likeness (QED) is 0.850. The van der Waals surface area contributed by atoms with E-state index < -0.39 is 15.5 Å². The Morgan fingerprint density at radius 2 is 1.83 bits per heavy atom. The number of halogens is 4.